The molecule has 0 bridgehead atoms. The Balaban J connectivity index is 2.66. The molecule has 0 radical (unpaired) electrons. The van der Waals surface area contributed by atoms with Crippen molar-refractivity contribution in [2.45, 2.75) is 26.2 Å². The maximum Gasteiger partial charge on any atom is 0.147 e. The fourth-order valence-corrected chi connectivity index (χ4v) is 3.58. The largest absolute Gasteiger partial charge is 0.355 e. The van der Waals surface area contributed by atoms with Gasteiger partial charge in [0.15, 0.2) is 0 Å². The molecular formula is C12H20O2Si. The van der Waals surface area contributed by atoms with Gasteiger partial charge in [0, 0.05) is 13.2 Å². The zero-order chi connectivity index (χ0) is 11.1. The maximum atomic E-state index is 5.71. The van der Waals surface area contributed by atoms with Crippen LogP contribution >= 0.6 is 0 Å². The summed E-state index contributed by atoms with van der Waals surface area (Å²) in [6.45, 7) is 7.49. The minimum absolute atomic E-state index is 0.356. The highest BCUT2D eigenvalue weighted by Crippen LogP contribution is 2.10. The molecule has 1 aromatic rings. The van der Waals surface area contributed by atoms with E-state index in [1.54, 1.807) is 0 Å². The predicted molar refractivity (Wildman–Crippen MR) is 66.3 cm³/mol. The third-order valence-corrected chi connectivity index (χ3v) is 4.20. The predicted octanol–water partition coefficient (Wildman–Crippen LogP) is 1.23. The van der Waals surface area contributed by atoms with Gasteiger partial charge in [0.2, 0.25) is 0 Å². The number of hydrogen-bond acceptors (Lipinski definition) is 2. The molecule has 0 unspecified atom stereocenters. The number of rotatable bonds is 6. The lowest BCUT2D eigenvalue weighted by Crippen LogP contribution is -2.44. The number of hydrogen-bond donors (Lipinski definition) is 0. The van der Waals surface area contributed by atoms with Crippen molar-refractivity contribution in [1.82, 2.24) is 0 Å². The normalized spacial score (nSPS) is 12.5. The fourth-order valence-electron chi connectivity index (χ4n) is 1.72. The molecule has 0 fully saturated rings. The van der Waals surface area contributed by atoms with E-state index in [4.69, 9.17) is 9.47 Å². The van der Waals surface area contributed by atoms with Gasteiger partial charge in [-0.2, -0.15) is 0 Å². The first-order valence-electron chi connectivity index (χ1n) is 5.52. The van der Waals surface area contributed by atoms with Gasteiger partial charge in [0.1, 0.15) is 14.9 Å². The molecule has 0 saturated heterocycles. The summed E-state index contributed by atoms with van der Waals surface area (Å²) in [5, 5.41) is 1.38. The smallest absolute Gasteiger partial charge is 0.147 e. The van der Waals surface area contributed by atoms with E-state index >= 15 is 0 Å². The second kappa shape index (κ2) is 6.05. The van der Waals surface area contributed by atoms with Crippen LogP contribution in [-0.4, -0.2) is 28.1 Å². The summed E-state index contributed by atoms with van der Waals surface area (Å²) in [7, 11) is -0.560. The molecule has 0 heterocycles. The standard InChI is InChI=1S/C12H20O2Si/c1-4-13-12(3,14-5-2)15-11-9-7-6-8-10-11/h6-10H,4-5,15H2,1-3H3. The molecule has 0 aliphatic carbocycles. The lowest BCUT2D eigenvalue weighted by Gasteiger charge is -2.29. The summed E-state index contributed by atoms with van der Waals surface area (Å²) in [5.41, 5.74) is -0.356. The van der Waals surface area contributed by atoms with Gasteiger partial charge in [-0.1, -0.05) is 35.5 Å². The Morgan fingerprint density at radius 3 is 2.07 bits per heavy atom. The minimum Gasteiger partial charge on any atom is -0.355 e. The SMILES string of the molecule is CCOC(C)(OCC)[SiH2]c1ccccc1. The van der Waals surface area contributed by atoms with Crippen LogP contribution in [0.25, 0.3) is 0 Å². The van der Waals surface area contributed by atoms with Gasteiger partial charge in [-0.25, -0.2) is 0 Å². The Hall–Kier alpha value is -0.643. The lowest BCUT2D eigenvalue weighted by atomic mass is 10.4. The van der Waals surface area contributed by atoms with E-state index in [-0.39, 0.29) is 5.41 Å². The molecule has 0 aromatic heterocycles. The topological polar surface area (TPSA) is 18.5 Å². The van der Waals surface area contributed by atoms with Crippen molar-refractivity contribution in [3.05, 3.63) is 30.3 Å². The Morgan fingerprint density at radius 2 is 1.60 bits per heavy atom. The third kappa shape index (κ3) is 4.16. The first kappa shape index (κ1) is 12.4. The van der Waals surface area contributed by atoms with E-state index in [0.717, 1.165) is 0 Å². The number of ether oxygens (including phenoxy) is 2. The van der Waals surface area contributed by atoms with Crippen molar-refractivity contribution in [2.75, 3.05) is 13.2 Å². The molecule has 0 amide bonds. The Morgan fingerprint density at radius 1 is 1.07 bits per heavy atom. The van der Waals surface area contributed by atoms with E-state index in [1.807, 2.05) is 19.9 Å². The van der Waals surface area contributed by atoms with Crippen LogP contribution in [0.2, 0.25) is 0 Å². The van der Waals surface area contributed by atoms with Gasteiger partial charge in [-0.15, -0.1) is 0 Å². The van der Waals surface area contributed by atoms with Crippen molar-refractivity contribution in [1.29, 1.82) is 0 Å². The van der Waals surface area contributed by atoms with Crippen molar-refractivity contribution in [3.8, 4) is 0 Å². The molecule has 1 rings (SSSR count). The summed E-state index contributed by atoms with van der Waals surface area (Å²) in [4.78, 5) is 0. The summed E-state index contributed by atoms with van der Waals surface area (Å²) in [6.07, 6.45) is 0. The summed E-state index contributed by atoms with van der Waals surface area (Å²) < 4.78 is 11.4. The highest BCUT2D eigenvalue weighted by molar-refractivity contribution is 6.55. The van der Waals surface area contributed by atoms with Gasteiger partial charge < -0.3 is 9.47 Å². The average molecular weight is 224 g/mol. The molecule has 0 aliphatic heterocycles. The molecule has 3 heteroatoms. The van der Waals surface area contributed by atoms with Gasteiger partial charge >= 0.3 is 0 Å². The second-order valence-corrected chi connectivity index (χ2v) is 6.12. The van der Waals surface area contributed by atoms with Gasteiger partial charge in [0.05, 0.1) is 0 Å². The Labute approximate surface area is 94.4 Å². The Bertz CT molecular complexity index is 268. The molecule has 0 aliphatic rings. The van der Waals surface area contributed by atoms with E-state index in [2.05, 4.69) is 31.2 Å². The van der Waals surface area contributed by atoms with Gasteiger partial charge in [0.25, 0.3) is 0 Å². The van der Waals surface area contributed by atoms with Crippen LogP contribution in [0.3, 0.4) is 0 Å². The molecule has 0 atom stereocenters. The molecule has 1 aromatic carbocycles. The van der Waals surface area contributed by atoms with Crippen LogP contribution in [0.15, 0.2) is 30.3 Å². The summed E-state index contributed by atoms with van der Waals surface area (Å²) in [6, 6.07) is 10.5. The maximum absolute atomic E-state index is 5.71. The molecule has 15 heavy (non-hydrogen) atoms. The zero-order valence-corrected chi connectivity index (χ0v) is 11.2. The van der Waals surface area contributed by atoms with Crippen LogP contribution in [-0.2, 0) is 9.47 Å². The zero-order valence-electron chi connectivity index (χ0n) is 9.82. The van der Waals surface area contributed by atoms with Crippen LogP contribution in [0, 0.1) is 0 Å². The van der Waals surface area contributed by atoms with E-state index in [0.29, 0.717) is 13.2 Å². The van der Waals surface area contributed by atoms with E-state index in [9.17, 15) is 0 Å². The molecule has 2 nitrogen and oxygen atoms in total. The minimum atomic E-state index is -0.560. The number of benzene rings is 1. The van der Waals surface area contributed by atoms with Crippen molar-refractivity contribution < 1.29 is 9.47 Å². The average Bonchev–Trinajstić information content (AvgIpc) is 2.19. The highest BCUT2D eigenvalue weighted by atomic mass is 28.2. The third-order valence-electron chi connectivity index (χ3n) is 2.27. The van der Waals surface area contributed by atoms with Crippen molar-refractivity contribution in [2.24, 2.45) is 0 Å². The monoisotopic (exact) mass is 224 g/mol. The van der Waals surface area contributed by atoms with E-state index < -0.39 is 9.52 Å². The van der Waals surface area contributed by atoms with Gasteiger partial charge in [-0.3, -0.25) is 0 Å². The first-order valence-corrected chi connectivity index (χ1v) is 6.93. The lowest BCUT2D eigenvalue weighted by molar-refractivity contribution is -0.161. The fraction of sp³-hybridized carbons (Fsp3) is 0.500. The summed E-state index contributed by atoms with van der Waals surface area (Å²) >= 11 is 0. The molecular weight excluding hydrogens is 204 g/mol. The highest BCUT2D eigenvalue weighted by Gasteiger charge is 2.25. The second-order valence-electron chi connectivity index (χ2n) is 3.66. The summed E-state index contributed by atoms with van der Waals surface area (Å²) in [5.74, 6) is 0. The van der Waals surface area contributed by atoms with Crippen LogP contribution < -0.4 is 5.19 Å². The van der Waals surface area contributed by atoms with Crippen LogP contribution in [0.4, 0.5) is 0 Å². The van der Waals surface area contributed by atoms with Crippen LogP contribution in [0.5, 0.6) is 0 Å². The first-order chi connectivity index (χ1) is 7.20. The van der Waals surface area contributed by atoms with Gasteiger partial charge in [-0.05, 0) is 20.8 Å². The molecule has 0 N–H and O–H groups in total. The molecule has 0 saturated carbocycles. The van der Waals surface area contributed by atoms with E-state index in [1.165, 1.54) is 5.19 Å². The van der Waals surface area contributed by atoms with Crippen molar-refractivity contribution >= 4 is 14.7 Å². The Kier molecular flexibility index (Phi) is 5.01. The molecule has 84 valence electrons. The molecule has 0 spiro atoms. The van der Waals surface area contributed by atoms with Crippen molar-refractivity contribution in [3.63, 3.8) is 0 Å². The quantitative estimate of drug-likeness (QED) is 0.534. The van der Waals surface area contributed by atoms with Crippen LogP contribution in [0.1, 0.15) is 20.8 Å².